The summed E-state index contributed by atoms with van der Waals surface area (Å²) in [4.78, 5) is 3.68. The van der Waals surface area contributed by atoms with Gasteiger partial charge in [-0.3, -0.25) is 0 Å². The van der Waals surface area contributed by atoms with Crippen molar-refractivity contribution in [3.05, 3.63) is 84.0 Å². The third-order valence-electron chi connectivity index (χ3n) is 4.17. The van der Waals surface area contributed by atoms with E-state index in [-0.39, 0.29) is 12.4 Å². The van der Waals surface area contributed by atoms with Crippen LogP contribution in [0, 0.1) is 0 Å². The van der Waals surface area contributed by atoms with E-state index >= 15 is 0 Å². The maximum absolute atomic E-state index is 3.81. The second kappa shape index (κ2) is 9.12. The molecule has 0 N–H and O–H groups in total. The van der Waals surface area contributed by atoms with E-state index in [0.717, 1.165) is 25.3 Å². The highest BCUT2D eigenvalue weighted by atomic mass is 35.5. The zero-order valence-corrected chi connectivity index (χ0v) is 15.7. The van der Waals surface area contributed by atoms with Crippen LogP contribution < -0.4 is 0 Å². The quantitative estimate of drug-likeness (QED) is 0.636. The number of thioether (sulfide) groups is 1. The van der Waals surface area contributed by atoms with Crippen LogP contribution in [0.15, 0.2) is 72.2 Å². The minimum absolute atomic E-state index is 0. The van der Waals surface area contributed by atoms with Gasteiger partial charge in [0.2, 0.25) is 0 Å². The summed E-state index contributed by atoms with van der Waals surface area (Å²) in [5.74, 6) is 1.04. The maximum atomic E-state index is 3.81. The van der Waals surface area contributed by atoms with Gasteiger partial charge in [-0.1, -0.05) is 54.6 Å². The number of fused-ring (bicyclic) bond motifs is 2. The minimum Gasteiger partial charge on any atom is -0.302 e. The maximum Gasteiger partial charge on any atom is 0.0238 e. The molecule has 2 aromatic carbocycles. The molecule has 1 aliphatic heterocycles. The van der Waals surface area contributed by atoms with E-state index in [1.165, 1.54) is 27.2 Å². The highest BCUT2D eigenvalue weighted by molar-refractivity contribution is 7.98. The molecule has 1 heterocycles. The zero-order valence-electron chi connectivity index (χ0n) is 14.1. The van der Waals surface area contributed by atoms with Crippen molar-refractivity contribution in [3.8, 4) is 0 Å². The van der Waals surface area contributed by atoms with E-state index in [1.54, 1.807) is 0 Å². The standard InChI is InChI=1S/C21H23NS.ClH/c1-3-14-22(2)15-8-12-19-18-10-5-4-9-17(18)16-23-21-13-7-6-11-20(19)21;/h3-7,9-13H,1,8,14-16H2,2H3;1H. The first-order valence-corrected chi connectivity index (χ1v) is 9.08. The largest absolute Gasteiger partial charge is 0.302 e. The van der Waals surface area contributed by atoms with E-state index in [4.69, 9.17) is 0 Å². The van der Waals surface area contributed by atoms with Gasteiger partial charge in [0.1, 0.15) is 0 Å². The highest BCUT2D eigenvalue weighted by Gasteiger charge is 2.17. The Labute approximate surface area is 155 Å². The molecule has 0 unspecified atom stereocenters. The summed E-state index contributed by atoms with van der Waals surface area (Å²) in [6.07, 6.45) is 5.41. The van der Waals surface area contributed by atoms with Gasteiger partial charge >= 0.3 is 0 Å². The molecular weight excluding hydrogens is 334 g/mol. The molecule has 1 aliphatic rings. The first-order chi connectivity index (χ1) is 11.3. The Bertz CT molecular complexity index is 674. The van der Waals surface area contributed by atoms with Crippen molar-refractivity contribution >= 4 is 29.7 Å². The minimum atomic E-state index is 0. The summed E-state index contributed by atoms with van der Waals surface area (Å²) in [5, 5.41) is 0. The van der Waals surface area contributed by atoms with Crippen LogP contribution in [-0.4, -0.2) is 25.0 Å². The van der Waals surface area contributed by atoms with Crippen molar-refractivity contribution in [2.75, 3.05) is 20.1 Å². The molecule has 0 radical (unpaired) electrons. The lowest BCUT2D eigenvalue weighted by Gasteiger charge is -2.14. The summed E-state index contributed by atoms with van der Waals surface area (Å²) < 4.78 is 0. The fraction of sp³-hybridized carbons (Fsp3) is 0.238. The lowest BCUT2D eigenvalue weighted by atomic mass is 9.93. The smallest absolute Gasteiger partial charge is 0.0238 e. The third kappa shape index (κ3) is 4.32. The lowest BCUT2D eigenvalue weighted by Crippen LogP contribution is -2.18. The van der Waals surface area contributed by atoms with Gasteiger partial charge in [-0.25, -0.2) is 0 Å². The van der Waals surface area contributed by atoms with Gasteiger partial charge in [-0.05, 0) is 41.8 Å². The van der Waals surface area contributed by atoms with Crippen LogP contribution in [0.2, 0.25) is 0 Å². The fourth-order valence-corrected chi connectivity index (χ4v) is 4.06. The highest BCUT2D eigenvalue weighted by Crippen LogP contribution is 2.39. The Kier molecular flexibility index (Phi) is 7.16. The molecule has 0 saturated heterocycles. The van der Waals surface area contributed by atoms with Crippen molar-refractivity contribution < 1.29 is 0 Å². The van der Waals surface area contributed by atoms with Gasteiger partial charge in [-0.2, -0.15) is 0 Å². The molecule has 0 saturated carbocycles. The molecule has 24 heavy (non-hydrogen) atoms. The molecule has 0 bridgehead atoms. The van der Waals surface area contributed by atoms with E-state index in [1.807, 2.05) is 17.8 Å². The molecule has 3 heteroatoms. The molecule has 3 rings (SSSR count). The summed E-state index contributed by atoms with van der Waals surface area (Å²) in [5.41, 5.74) is 5.57. The number of halogens is 1. The Hall–Kier alpha value is -1.48. The van der Waals surface area contributed by atoms with Crippen LogP contribution >= 0.6 is 24.2 Å². The van der Waals surface area contributed by atoms with Gasteiger partial charge in [0.15, 0.2) is 0 Å². The van der Waals surface area contributed by atoms with Crippen molar-refractivity contribution in [1.82, 2.24) is 4.90 Å². The lowest BCUT2D eigenvalue weighted by molar-refractivity contribution is 0.378. The number of hydrogen-bond donors (Lipinski definition) is 0. The van der Waals surface area contributed by atoms with Crippen molar-refractivity contribution in [2.24, 2.45) is 0 Å². The average molecular weight is 358 g/mol. The van der Waals surface area contributed by atoms with Crippen molar-refractivity contribution in [2.45, 2.75) is 17.1 Å². The summed E-state index contributed by atoms with van der Waals surface area (Å²) in [7, 11) is 2.14. The Morgan fingerprint density at radius 1 is 1.08 bits per heavy atom. The van der Waals surface area contributed by atoms with E-state index < -0.39 is 0 Å². The molecule has 0 spiro atoms. The monoisotopic (exact) mass is 357 g/mol. The number of hydrogen-bond acceptors (Lipinski definition) is 2. The Morgan fingerprint density at radius 2 is 1.79 bits per heavy atom. The predicted molar refractivity (Wildman–Crippen MR) is 109 cm³/mol. The molecule has 126 valence electrons. The normalized spacial score (nSPS) is 14.5. The number of benzene rings is 2. The predicted octanol–water partition coefficient (Wildman–Crippen LogP) is 5.65. The number of likely N-dealkylation sites (N-methyl/N-ethyl adjacent to an activating group) is 1. The molecule has 0 fully saturated rings. The first kappa shape index (κ1) is 18.9. The van der Waals surface area contributed by atoms with Crippen LogP contribution in [0.25, 0.3) is 5.57 Å². The van der Waals surface area contributed by atoms with Gasteiger partial charge in [0.05, 0.1) is 0 Å². The average Bonchev–Trinajstić information content (AvgIpc) is 2.73. The van der Waals surface area contributed by atoms with Crippen molar-refractivity contribution in [3.63, 3.8) is 0 Å². The van der Waals surface area contributed by atoms with Gasteiger partial charge in [0.25, 0.3) is 0 Å². The summed E-state index contributed by atoms with van der Waals surface area (Å²) in [6, 6.07) is 17.6. The Balaban J connectivity index is 0.00000208. The SMILES string of the molecule is C=CCN(C)CCC=C1c2ccccc2CSc2ccccc21.Cl. The molecule has 0 aromatic heterocycles. The summed E-state index contributed by atoms with van der Waals surface area (Å²) in [6.45, 7) is 5.80. The van der Waals surface area contributed by atoms with Crippen LogP contribution in [0.3, 0.4) is 0 Å². The molecule has 1 nitrogen and oxygen atoms in total. The topological polar surface area (TPSA) is 3.24 Å². The molecule has 0 amide bonds. The molecule has 2 aromatic rings. The van der Waals surface area contributed by atoms with Crippen LogP contribution in [0.1, 0.15) is 23.1 Å². The molecule has 0 atom stereocenters. The Morgan fingerprint density at radius 3 is 2.58 bits per heavy atom. The number of nitrogens with zero attached hydrogens (tertiary/aromatic N) is 1. The zero-order chi connectivity index (χ0) is 16.1. The van der Waals surface area contributed by atoms with Crippen LogP contribution in [0.4, 0.5) is 0 Å². The second-order valence-electron chi connectivity index (χ2n) is 5.90. The van der Waals surface area contributed by atoms with Crippen LogP contribution in [-0.2, 0) is 5.75 Å². The summed E-state index contributed by atoms with van der Waals surface area (Å²) >= 11 is 1.94. The van der Waals surface area contributed by atoms with Gasteiger partial charge < -0.3 is 4.90 Å². The first-order valence-electron chi connectivity index (χ1n) is 8.09. The molecule has 0 aliphatic carbocycles. The van der Waals surface area contributed by atoms with E-state index in [0.29, 0.717) is 0 Å². The second-order valence-corrected chi connectivity index (χ2v) is 6.92. The third-order valence-corrected chi connectivity index (χ3v) is 5.29. The van der Waals surface area contributed by atoms with Crippen LogP contribution in [0.5, 0.6) is 0 Å². The van der Waals surface area contributed by atoms with Gasteiger partial charge in [0, 0.05) is 23.7 Å². The number of rotatable bonds is 5. The molecular formula is C21H24ClNS. The van der Waals surface area contributed by atoms with Gasteiger partial charge in [-0.15, -0.1) is 30.7 Å². The van der Waals surface area contributed by atoms with Crippen molar-refractivity contribution in [1.29, 1.82) is 0 Å². The van der Waals surface area contributed by atoms with E-state index in [2.05, 4.69) is 73.1 Å². The fourth-order valence-electron chi connectivity index (χ4n) is 2.99. The van der Waals surface area contributed by atoms with E-state index in [9.17, 15) is 0 Å².